The van der Waals surface area contributed by atoms with Crippen LogP contribution in [0.5, 0.6) is 0 Å². The van der Waals surface area contributed by atoms with Crippen molar-refractivity contribution in [1.29, 1.82) is 0 Å². The molecule has 0 saturated carbocycles. The van der Waals surface area contributed by atoms with E-state index in [1.807, 2.05) is 13.8 Å². The first-order valence-electron chi connectivity index (χ1n) is 6.31. The second-order valence-electron chi connectivity index (χ2n) is 4.77. The van der Waals surface area contributed by atoms with Crippen LogP contribution in [0.15, 0.2) is 18.2 Å². The van der Waals surface area contributed by atoms with Crippen LogP contribution in [0.1, 0.15) is 27.2 Å². The van der Waals surface area contributed by atoms with Crippen molar-refractivity contribution in [2.75, 3.05) is 15.8 Å². The molecule has 1 aromatic rings. The van der Waals surface area contributed by atoms with E-state index in [2.05, 4.69) is 10.0 Å². The lowest BCUT2D eigenvalue weighted by molar-refractivity contribution is -0.114. The smallest absolute Gasteiger partial charge is 0.233 e. The van der Waals surface area contributed by atoms with Gasteiger partial charge in [-0.3, -0.25) is 9.52 Å². The van der Waals surface area contributed by atoms with Gasteiger partial charge >= 0.3 is 0 Å². The van der Waals surface area contributed by atoms with Gasteiger partial charge in [0.15, 0.2) is 0 Å². The fourth-order valence-electron chi connectivity index (χ4n) is 1.59. The van der Waals surface area contributed by atoms with E-state index in [1.54, 1.807) is 0 Å². The standard InChI is InChI=1S/C13H19FN2O3S/c1-4-9(2)8-20(18,19)16-13-7-11(15-10(3)17)5-6-12(13)14/h5-7,9,16H,4,8H2,1-3H3,(H,15,17)/t9-/m1/s1. The summed E-state index contributed by atoms with van der Waals surface area (Å²) in [6.07, 6.45) is 0.718. The summed E-state index contributed by atoms with van der Waals surface area (Å²) in [4.78, 5) is 10.9. The van der Waals surface area contributed by atoms with Gasteiger partial charge in [-0.05, 0) is 24.1 Å². The Morgan fingerprint density at radius 1 is 1.40 bits per heavy atom. The van der Waals surface area contributed by atoms with Gasteiger partial charge in [0.2, 0.25) is 15.9 Å². The minimum atomic E-state index is -3.62. The Kier molecular flexibility index (Phi) is 5.50. The quantitative estimate of drug-likeness (QED) is 0.848. The lowest BCUT2D eigenvalue weighted by Gasteiger charge is -2.13. The molecule has 0 aliphatic rings. The van der Waals surface area contributed by atoms with E-state index in [-0.39, 0.29) is 23.3 Å². The lowest BCUT2D eigenvalue weighted by Crippen LogP contribution is -2.21. The zero-order valence-electron chi connectivity index (χ0n) is 11.7. The molecule has 0 spiro atoms. The highest BCUT2D eigenvalue weighted by Crippen LogP contribution is 2.21. The summed E-state index contributed by atoms with van der Waals surface area (Å²) in [5, 5.41) is 2.47. The number of hydrogen-bond acceptors (Lipinski definition) is 3. The second-order valence-corrected chi connectivity index (χ2v) is 6.54. The number of sulfonamides is 1. The molecule has 20 heavy (non-hydrogen) atoms. The number of anilines is 2. The van der Waals surface area contributed by atoms with E-state index in [4.69, 9.17) is 0 Å². The van der Waals surface area contributed by atoms with Crippen LogP contribution in [0.4, 0.5) is 15.8 Å². The molecule has 0 unspecified atom stereocenters. The normalized spacial score (nSPS) is 12.8. The van der Waals surface area contributed by atoms with E-state index >= 15 is 0 Å². The monoisotopic (exact) mass is 302 g/mol. The first-order valence-corrected chi connectivity index (χ1v) is 7.96. The summed E-state index contributed by atoms with van der Waals surface area (Å²) in [5.74, 6) is -1.10. The van der Waals surface area contributed by atoms with Crippen molar-refractivity contribution in [3.63, 3.8) is 0 Å². The van der Waals surface area contributed by atoms with E-state index in [1.165, 1.54) is 19.1 Å². The van der Waals surface area contributed by atoms with Crippen LogP contribution >= 0.6 is 0 Å². The molecule has 0 aromatic heterocycles. The maximum Gasteiger partial charge on any atom is 0.233 e. The minimum absolute atomic E-state index is 0.0194. The summed E-state index contributed by atoms with van der Waals surface area (Å²) in [5.41, 5.74) is 0.166. The third kappa shape index (κ3) is 5.16. The van der Waals surface area contributed by atoms with Crippen LogP contribution in [-0.4, -0.2) is 20.1 Å². The molecule has 2 N–H and O–H groups in total. The molecule has 0 radical (unpaired) electrons. The van der Waals surface area contributed by atoms with Crippen LogP contribution in [0.25, 0.3) is 0 Å². The Hall–Kier alpha value is -1.63. The molecule has 112 valence electrons. The van der Waals surface area contributed by atoms with Crippen LogP contribution in [0, 0.1) is 11.7 Å². The molecule has 0 fully saturated rings. The van der Waals surface area contributed by atoms with Crippen molar-refractivity contribution in [3.05, 3.63) is 24.0 Å². The highest BCUT2D eigenvalue weighted by atomic mass is 32.2. The van der Waals surface area contributed by atoms with Gasteiger partial charge in [-0.2, -0.15) is 0 Å². The predicted molar refractivity (Wildman–Crippen MR) is 77.6 cm³/mol. The summed E-state index contributed by atoms with van der Waals surface area (Å²) in [7, 11) is -3.62. The van der Waals surface area contributed by atoms with Crippen LogP contribution in [0.3, 0.4) is 0 Å². The molecule has 0 heterocycles. The van der Waals surface area contributed by atoms with E-state index in [0.29, 0.717) is 5.69 Å². The van der Waals surface area contributed by atoms with E-state index in [9.17, 15) is 17.6 Å². The van der Waals surface area contributed by atoms with Crippen molar-refractivity contribution in [2.45, 2.75) is 27.2 Å². The highest BCUT2D eigenvalue weighted by Gasteiger charge is 2.17. The topological polar surface area (TPSA) is 75.3 Å². The Bertz CT molecular complexity index is 587. The first kappa shape index (κ1) is 16.4. The number of rotatable bonds is 6. The number of hydrogen-bond donors (Lipinski definition) is 2. The minimum Gasteiger partial charge on any atom is -0.326 e. The fraction of sp³-hybridized carbons (Fsp3) is 0.462. The molecule has 0 saturated heterocycles. The molecular formula is C13H19FN2O3S. The predicted octanol–water partition coefficient (Wildman–Crippen LogP) is 2.57. The maximum atomic E-state index is 13.6. The summed E-state index contributed by atoms with van der Waals surface area (Å²) >= 11 is 0. The van der Waals surface area contributed by atoms with Gasteiger partial charge in [0.05, 0.1) is 11.4 Å². The molecule has 0 aliphatic carbocycles. The number of carbonyl (C=O) groups is 1. The molecule has 1 aromatic carbocycles. The number of nitrogens with one attached hydrogen (secondary N) is 2. The van der Waals surface area contributed by atoms with Crippen molar-refractivity contribution < 1.29 is 17.6 Å². The van der Waals surface area contributed by atoms with Crippen LogP contribution in [0.2, 0.25) is 0 Å². The molecule has 7 heteroatoms. The van der Waals surface area contributed by atoms with Crippen molar-refractivity contribution >= 4 is 27.3 Å². The first-order chi connectivity index (χ1) is 9.23. The van der Waals surface area contributed by atoms with E-state index in [0.717, 1.165) is 12.5 Å². The maximum absolute atomic E-state index is 13.6. The lowest BCUT2D eigenvalue weighted by atomic mass is 10.2. The van der Waals surface area contributed by atoms with Gasteiger partial charge in [-0.25, -0.2) is 12.8 Å². The molecule has 5 nitrogen and oxygen atoms in total. The molecule has 1 atom stereocenters. The fourth-order valence-corrected chi connectivity index (χ4v) is 3.15. The summed E-state index contributed by atoms with van der Waals surface area (Å²) in [6, 6.07) is 3.72. The van der Waals surface area contributed by atoms with Crippen molar-refractivity contribution in [3.8, 4) is 0 Å². The Morgan fingerprint density at radius 3 is 2.60 bits per heavy atom. The van der Waals surface area contributed by atoms with Gasteiger partial charge < -0.3 is 5.32 Å². The summed E-state index contributed by atoms with van der Waals surface area (Å²) in [6.45, 7) is 5.01. The Morgan fingerprint density at radius 2 is 2.05 bits per heavy atom. The van der Waals surface area contributed by atoms with Crippen molar-refractivity contribution in [2.24, 2.45) is 5.92 Å². The SMILES string of the molecule is CC[C@@H](C)CS(=O)(=O)Nc1cc(NC(C)=O)ccc1F. The molecular weight excluding hydrogens is 283 g/mol. The third-order valence-corrected chi connectivity index (χ3v) is 4.29. The van der Waals surface area contributed by atoms with Gasteiger partial charge in [0.1, 0.15) is 5.82 Å². The van der Waals surface area contributed by atoms with Crippen LogP contribution in [-0.2, 0) is 14.8 Å². The van der Waals surface area contributed by atoms with Crippen LogP contribution < -0.4 is 10.0 Å². The molecule has 1 amide bonds. The number of carbonyl (C=O) groups excluding carboxylic acids is 1. The summed E-state index contributed by atoms with van der Waals surface area (Å²) < 4.78 is 39.6. The molecule has 0 aliphatic heterocycles. The van der Waals surface area contributed by atoms with Crippen molar-refractivity contribution in [1.82, 2.24) is 0 Å². The van der Waals surface area contributed by atoms with Gasteiger partial charge in [-0.1, -0.05) is 20.3 Å². The second kappa shape index (κ2) is 6.69. The molecule has 1 rings (SSSR count). The van der Waals surface area contributed by atoms with Gasteiger partial charge in [-0.15, -0.1) is 0 Å². The average Bonchev–Trinajstić information content (AvgIpc) is 2.31. The zero-order chi connectivity index (χ0) is 15.3. The third-order valence-electron chi connectivity index (χ3n) is 2.75. The number of amides is 1. The van der Waals surface area contributed by atoms with E-state index < -0.39 is 15.8 Å². The Balaban J connectivity index is 2.93. The zero-order valence-corrected chi connectivity index (χ0v) is 12.6. The Labute approximate surface area is 118 Å². The van der Waals surface area contributed by atoms with Gasteiger partial charge in [0.25, 0.3) is 0 Å². The van der Waals surface area contributed by atoms with Gasteiger partial charge in [0, 0.05) is 12.6 Å². The largest absolute Gasteiger partial charge is 0.326 e. The number of benzene rings is 1. The molecule has 0 bridgehead atoms. The highest BCUT2D eigenvalue weighted by molar-refractivity contribution is 7.92. The number of halogens is 1. The average molecular weight is 302 g/mol.